The van der Waals surface area contributed by atoms with Gasteiger partial charge in [0, 0.05) is 17.7 Å². The lowest BCUT2D eigenvalue weighted by Crippen LogP contribution is -2.38. The van der Waals surface area contributed by atoms with Crippen LogP contribution in [0, 0.1) is 0 Å². The second-order valence-corrected chi connectivity index (χ2v) is 8.59. The molecule has 0 aliphatic carbocycles. The highest BCUT2D eigenvalue weighted by molar-refractivity contribution is 5.77. The molecule has 1 aliphatic heterocycles. The standard InChI is InChI=1S/C31H31NO3/c1-2-3-23-33-31(25-14-6-4-7-15-25,26-16-8-5-9-17-26)34-24-22-32-27-18-10-12-20-29(27)35-30-21-13-11-19-28(30)32/h4-21H,2-3,22-24H2,1H3. The van der Waals surface area contributed by atoms with E-state index in [1.165, 1.54) is 0 Å². The van der Waals surface area contributed by atoms with Gasteiger partial charge < -0.3 is 19.1 Å². The van der Waals surface area contributed by atoms with Gasteiger partial charge in [0.2, 0.25) is 5.79 Å². The number of fused-ring (bicyclic) bond motifs is 2. The van der Waals surface area contributed by atoms with Crippen molar-refractivity contribution in [2.75, 3.05) is 24.7 Å². The van der Waals surface area contributed by atoms with E-state index in [1.54, 1.807) is 0 Å². The Balaban J connectivity index is 1.47. The Bertz CT molecular complexity index is 1140. The Kier molecular flexibility index (Phi) is 7.12. The minimum atomic E-state index is -0.983. The third-order valence-corrected chi connectivity index (χ3v) is 6.26. The van der Waals surface area contributed by atoms with Gasteiger partial charge in [-0.25, -0.2) is 0 Å². The number of hydrogen-bond acceptors (Lipinski definition) is 4. The van der Waals surface area contributed by atoms with Gasteiger partial charge in [0.1, 0.15) is 0 Å². The molecule has 178 valence electrons. The Labute approximate surface area is 207 Å². The average molecular weight is 466 g/mol. The van der Waals surface area contributed by atoms with Gasteiger partial charge in [-0.2, -0.15) is 0 Å². The first-order valence-corrected chi connectivity index (χ1v) is 12.3. The van der Waals surface area contributed by atoms with Crippen molar-refractivity contribution >= 4 is 11.4 Å². The van der Waals surface area contributed by atoms with Crippen LogP contribution in [-0.4, -0.2) is 19.8 Å². The molecule has 4 heteroatoms. The predicted molar refractivity (Wildman–Crippen MR) is 140 cm³/mol. The van der Waals surface area contributed by atoms with Gasteiger partial charge in [0.15, 0.2) is 11.5 Å². The molecule has 0 N–H and O–H groups in total. The van der Waals surface area contributed by atoms with Crippen LogP contribution in [0.15, 0.2) is 109 Å². The number of unbranched alkanes of at least 4 members (excludes halogenated alkanes) is 1. The molecule has 0 unspecified atom stereocenters. The third-order valence-electron chi connectivity index (χ3n) is 6.26. The highest BCUT2D eigenvalue weighted by Gasteiger charge is 2.37. The van der Waals surface area contributed by atoms with Gasteiger partial charge in [-0.05, 0) is 30.7 Å². The van der Waals surface area contributed by atoms with Gasteiger partial charge in [-0.3, -0.25) is 0 Å². The van der Waals surface area contributed by atoms with Crippen LogP contribution < -0.4 is 9.64 Å². The number of anilines is 2. The number of hydrogen-bond donors (Lipinski definition) is 0. The van der Waals surface area contributed by atoms with Crippen LogP contribution in [0.25, 0.3) is 0 Å². The number of nitrogens with zero attached hydrogens (tertiary/aromatic N) is 1. The summed E-state index contributed by atoms with van der Waals surface area (Å²) in [5, 5.41) is 0. The average Bonchev–Trinajstić information content (AvgIpc) is 2.93. The molecular formula is C31H31NO3. The van der Waals surface area contributed by atoms with Crippen molar-refractivity contribution in [3.05, 3.63) is 120 Å². The maximum atomic E-state index is 6.78. The molecule has 0 atom stereocenters. The second-order valence-electron chi connectivity index (χ2n) is 8.59. The normalized spacial score (nSPS) is 12.5. The van der Waals surface area contributed by atoms with Gasteiger partial charge >= 0.3 is 0 Å². The number of benzene rings is 4. The second kappa shape index (κ2) is 10.8. The van der Waals surface area contributed by atoms with E-state index in [4.69, 9.17) is 14.2 Å². The van der Waals surface area contributed by atoms with Crippen molar-refractivity contribution in [1.82, 2.24) is 0 Å². The zero-order valence-electron chi connectivity index (χ0n) is 20.1. The van der Waals surface area contributed by atoms with Crippen molar-refractivity contribution in [2.45, 2.75) is 25.6 Å². The summed E-state index contributed by atoms with van der Waals surface area (Å²) in [6, 6.07) is 36.8. The quantitative estimate of drug-likeness (QED) is 0.178. The lowest BCUT2D eigenvalue weighted by atomic mass is 9.97. The highest BCUT2D eigenvalue weighted by atomic mass is 16.7. The van der Waals surface area contributed by atoms with Gasteiger partial charge in [-0.1, -0.05) is 98.3 Å². The van der Waals surface area contributed by atoms with Crippen molar-refractivity contribution in [1.29, 1.82) is 0 Å². The molecule has 4 aromatic carbocycles. The summed E-state index contributed by atoms with van der Waals surface area (Å²) in [6.07, 6.45) is 2.02. The molecule has 1 heterocycles. The number of rotatable bonds is 10. The molecule has 0 fully saturated rings. The van der Waals surface area contributed by atoms with E-state index >= 15 is 0 Å². The van der Waals surface area contributed by atoms with Crippen LogP contribution in [0.3, 0.4) is 0 Å². The number of ether oxygens (including phenoxy) is 3. The molecule has 4 aromatic rings. The molecule has 0 saturated carbocycles. The Morgan fingerprint density at radius 2 is 1.11 bits per heavy atom. The van der Waals surface area contributed by atoms with Crippen molar-refractivity contribution < 1.29 is 14.2 Å². The lowest BCUT2D eigenvalue weighted by molar-refractivity contribution is -0.217. The monoisotopic (exact) mass is 465 g/mol. The van der Waals surface area contributed by atoms with Crippen LogP contribution in [0.5, 0.6) is 11.5 Å². The molecule has 0 amide bonds. The first-order valence-electron chi connectivity index (χ1n) is 12.3. The zero-order chi connectivity index (χ0) is 23.9. The fraction of sp³-hybridized carbons (Fsp3) is 0.226. The molecule has 0 bridgehead atoms. The van der Waals surface area contributed by atoms with Crippen LogP contribution in [0.1, 0.15) is 30.9 Å². The maximum absolute atomic E-state index is 6.78. The topological polar surface area (TPSA) is 30.9 Å². The van der Waals surface area contributed by atoms with Gasteiger partial charge in [0.25, 0.3) is 0 Å². The Morgan fingerprint density at radius 1 is 0.629 bits per heavy atom. The first kappa shape index (κ1) is 23.2. The van der Waals surface area contributed by atoms with Crippen molar-refractivity contribution in [2.24, 2.45) is 0 Å². The fourth-order valence-electron chi connectivity index (χ4n) is 4.52. The molecule has 35 heavy (non-hydrogen) atoms. The minimum Gasteiger partial charge on any atom is -0.453 e. The van der Waals surface area contributed by atoms with Crippen LogP contribution in [0.4, 0.5) is 11.4 Å². The number of para-hydroxylation sites is 4. The summed E-state index contributed by atoms with van der Waals surface area (Å²) < 4.78 is 19.5. The van der Waals surface area contributed by atoms with E-state index in [-0.39, 0.29) is 0 Å². The minimum absolute atomic E-state index is 0.457. The summed E-state index contributed by atoms with van der Waals surface area (Å²) in [5.41, 5.74) is 4.05. The van der Waals surface area contributed by atoms with Crippen LogP contribution in [-0.2, 0) is 15.3 Å². The smallest absolute Gasteiger partial charge is 0.222 e. The van der Waals surface area contributed by atoms with Gasteiger partial charge in [0.05, 0.1) is 24.6 Å². The van der Waals surface area contributed by atoms with Crippen molar-refractivity contribution in [3.8, 4) is 11.5 Å². The third kappa shape index (κ3) is 4.81. The summed E-state index contributed by atoms with van der Waals surface area (Å²) in [6.45, 7) is 3.89. The summed E-state index contributed by atoms with van der Waals surface area (Å²) in [7, 11) is 0. The molecular weight excluding hydrogens is 434 g/mol. The SMILES string of the molecule is CCCCOC(OCCN1c2ccccc2Oc2ccccc21)(c1ccccc1)c1ccccc1. The zero-order valence-corrected chi connectivity index (χ0v) is 20.1. The summed E-state index contributed by atoms with van der Waals surface area (Å²) in [5.74, 6) is 0.716. The van der Waals surface area contributed by atoms with Crippen LogP contribution >= 0.6 is 0 Å². The molecule has 1 aliphatic rings. The van der Waals surface area contributed by atoms with E-state index in [9.17, 15) is 0 Å². The van der Waals surface area contributed by atoms with E-state index in [1.807, 2.05) is 72.8 Å². The molecule has 0 aromatic heterocycles. The van der Waals surface area contributed by atoms with E-state index in [0.29, 0.717) is 19.8 Å². The predicted octanol–water partition coefficient (Wildman–Crippen LogP) is 7.67. The highest BCUT2D eigenvalue weighted by Crippen LogP contribution is 2.46. The van der Waals surface area contributed by atoms with Crippen molar-refractivity contribution in [3.63, 3.8) is 0 Å². The summed E-state index contributed by atoms with van der Waals surface area (Å²) >= 11 is 0. The Hall–Kier alpha value is -3.60. The maximum Gasteiger partial charge on any atom is 0.222 e. The van der Waals surface area contributed by atoms with Crippen LogP contribution in [0.2, 0.25) is 0 Å². The van der Waals surface area contributed by atoms with E-state index < -0.39 is 5.79 Å². The molecule has 4 nitrogen and oxygen atoms in total. The fourth-order valence-corrected chi connectivity index (χ4v) is 4.52. The molecule has 0 saturated heterocycles. The van der Waals surface area contributed by atoms with E-state index in [0.717, 1.165) is 46.8 Å². The van der Waals surface area contributed by atoms with E-state index in [2.05, 4.69) is 48.2 Å². The largest absolute Gasteiger partial charge is 0.453 e. The molecule has 0 spiro atoms. The Morgan fingerprint density at radius 3 is 1.66 bits per heavy atom. The van der Waals surface area contributed by atoms with Gasteiger partial charge in [-0.15, -0.1) is 0 Å². The molecule has 0 radical (unpaired) electrons. The lowest BCUT2D eigenvalue weighted by Gasteiger charge is -2.37. The molecule has 5 rings (SSSR count). The summed E-state index contributed by atoms with van der Waals surface area (Å²) in [4.78, 5) is 2.26. The first-order chi connectivity index (χ1) is 17.3.